The first-order valence-corrected chi connectivity index (χ1v) is 9.65. The summed E-state index contributed by atoms with van der Waals surface area (Å²) in [5, 5.41) is 4.27. The summed E-state index contributed by atoms with van der Waals surface area (Å²) in [6.07, 6.45) is 8.35. The van der Waals surface area contributed by atoms with Crippen LogP contribution in [0.15, 0.2) is 91.8 Å². The van der Waals surface area contributed by atoms with E-state index in [0.717, 1.165) is 39.2 Å². The second kappa shape index (κ2) is 8.08. The van der Waals surface area contributed by atoms with E-state index in [9.17, 15) is 0 Å². The fourth-order valence-electron chi connectivity index (χ4n) is 3.24. The Morgan fingerprint density at radius 2 is 1.55 bits per heavy atom. The monoisotopic (exact) mass is 406 g/mol. The molecule has 7 heteroatoms. The van der Waals surface area contributed by atoms with Crippen LogP contribution in [0, 0.1) is 0 Å². The highest BCUT2D eigenvalue weighted by atomic mass is 16.5. The standard InChI is InChI=1S/C24H18N6O/c25-18-11-17(13-27-14-18)16-1-6-23-22(12-16)24(29-15-28-23)30-19-2-4-20(5-3-19)31-21-7-9-26-10-8-21/h1-15H,25H2,(H,28,29,30). The molecule has 150 valence electrons. The first-order chi connectivity index (χ1) is 15.2. The highest BCUT2D eigenvalue weighted by Gasteiger charge is 2.08. The van der Waals surface area contributed by atoms with E-state index >= 15 is 0 Å². The quantitative estimate of drug-likeness (QED) is 0.413. The van der Waals surface area contributed by atoms with Gasteiger partial charge in [0.2, 0.25) is 0 Å². The Hall–Kier alpha value is -4.52. The number of nitrogens with one attached hydrogen (secondary N) is 1. The summed E-state index contributed by atoms with van der Waals surface area (Å²) in [6.45, 7) is 0. The molecule has 0 radical (unpaired) electrons. The third-order valence-electron chi connectivity index (χ3n) is 4.73. The molecule has 31 heavy (non-hydrogen) atoms. The van der Waals surface area contributed by atoms with Crippen molar-refractivity contribution in [1.82, 2.24) is 19.9 Å². The summed E-state index contributed by atoms with van der Waals surface area (Å²) in [6, 6.07) is 19.2. The minimum Gasteiger partial charge on any atom is -0.457 e. The van der Waals surface area contributed by atoms with E-state index in [1.807, 2.05) is 60.7 Å². The summed E-state index contributed by atoms with van der Waals surface area (Å²) >= 11 is 0. The van der Waals surface area contributed by atoms with Gasteiger partial charge in [-0.2, -0.15) is 0 Å². The van der Waals surface area contributed by atoms with Crippen molar-refractivity contribution in [1.29, 1.82) is 0 Å². The molecule has 0 aliphatic carbocycles. The first kappa shape index (κ1) is 18.5. The van der Waals surface area contributed by atoms with Crippen molar-refractivity contribution in [2.75, 3.05) is 11.1 Å². The average Bonchev–Trinajstić information content (AvgIpc) is 2.81. The molecule has 0 unspecified atom stereocenters. The van der Waals surface area contributed by atoms with E-state index in [0.29, 0.717) is 11.5 Å². The Morgan fingerprint density at radius 1 is 0.742 bits per heavy atom. The summed E-state index contributed by atoms with van der Waals surface area (Å²) in [4.78, 5) is 17.0. The van der Waals surface area contributed by atoms with Crippen molar-refractivity contribution in [3.05, 3.63) is 91.8 Å². The van der Waals surface area contributed by atoms with Gasteiger partial charge in [-0.1, -0.05) is 6.07 Å². The van der Waals surface area contributed by atoms with Crippen molar-refractivity contribution in [2.24, 2.45) is 0 Å². The topological polar surface area (TPSA) is 98.8 Å². The first-order valence-electron chi connectivity index (χ1n) is 9.65. The van der Waals surface area contributed by atoms with Gasteiger partial charge in [0.1, 0.15) is 23.6 Å². The molecule has 0 atom stereocenters. The fraction of sp³-hybridized carbons (Fsp3) is 0. The minimum atomic E-state index is 0.620. The summed E-state index contributed by atoms with van der Waals surface area (Å²) in [5.74, 6) is 2.19. The van der Waals surface area contributed by atoms with E-state index in [1.165, 1.54) is 0 Å². The van der Waals surface area contributed by atoms with Crippen LogP contribution in [0.3, 0.4) is 0 Å². The molecule has 3 heterocycles. The smallest absolute Gasteiger partial charge is 0.141 e. The number of rotatable bonds is 5. The van der Waals surface area contributed by atoms with Gasteiger partial charge >= 0.3 is 0 Å². The van der Waals surface area contributed by atoms with Crippen LogP contribution in [0.1, 0.15) is 0 Å². The van der Waals surface area contributed by atoms with Crippen molar-refractivity contribution in [3.8, 4) is 22.6 Å². The summed E-state index contributed by atoms with van der Waals surface area (Å²) in [7, 11) is 0. The van der Waals surface area contributed by atoms with Crippen LogP contribution in [-0.4, -0.2) is 19.9 Å². The molecule has 0 saturated carbocycles. The predicted molar refractivity (Wildman–Crippen MR) is 121 cm³/mol. The van der Waals surface area contributed by atoms with Gasteiger partial charge in [-0.05, 0) is 60.2 Å². The van der Waals surface area contributed by atoms with Gasteiger partial charge in [0.15, 0.2) is 0 Å². The lowest BCUT2D eigenvalue weighted by Gasteiger charge is -2.11. The third kappa shape index (κ3) is 4.11. The molecule has 0 aliphatic heterocycles. The van der Waals surface area contributed by atoms with Gasteiger partial charge in [0.05, 0.1) is 11.2 Å². The molecule has 5 aromatic rings. The number of hydrogen-bond donors (Lipinski definition) is 2. The number of pyridine rings is 2. The van der Waals surface area contributed by atoms with Gasteiger partial charge in [-0.15, -0.1) is 0 Å². The third-order valence-corrected chi connectivity index (χ3v) is 4.73. The average molecular weight is 406 g/mol. The molecule has 0 saturated heterocycles. The van der Waals surface area contributed by atoms with Gasteiger partial charge in [-0.25, -0.2) is 9.97 Å². The maximum absolute atomic E-state index is 5.89. The van der Waals surface area contributed by atoms with E-state index in [1.54, 1.807) is 31.1 Å². The zero-order chi connectivity index (χ0) is 21.0. The highest BCUT2D eigenvalue weighted by Crippen LogP contribution is 2.30. The number of fused-ring (bicyclic) bond motifs is 1. The molecule has 5 rings (SSSR count). The lowest BCUT2D eigenvalue weighted by atomic mass is 10.0. The van der Waals surface area contributed by atoms with E-state index in [-0.39, 0.29) is 0 Å². The number of benzene rings is 2. The number of hydrogen-bond acceptors (Lipinski definition) is 7. The number of ether oxygens (including phenoxy) is 1. The Labute approximate surface area is 178 Å². The Morgan fingerprint density at radius 3 is 2.35 bits per heavy atom. The summed E-state index contributed by atoms with van der Waals surface area (Å²) < 4.78 is 5.82. The number of anilines is 3. The van der Waals surface area contributed by atoms with Gasteiger partial charge in [0.25, 0.3) is 0 Å². The van der Waals surface area contributed by atoms with Crippen LogP contribution in [0.25, 0.3) is 22.0 Å². The van der Waals surface area contributed by atoms with Crippen LogP contribution >= 0.6 is 0 Å². The van der Waals surface area contributed by atoms with Crippen molar-refractivity contribution >= 4 is 28.1 Å². The molecule has 2 aromatic carbocycles. The zero-order valence-corrected chi connectivity index (χ0v) is 16.4. The van der Waals surface area contributed by atoms with E-state index in [4.69, 9.17) is 10.5 Å². The Kier molecular flexibility index (Phi) is 4.82. The molecule has 0 spiro atoms. The molecule has 0 bridgehead atoms. The number of nitrogens with zero attached hydrogens (tertiary/aromatic N) is 4. The maximum Gasteiger partial charge on any atom is 0.141 e. The zero-order valence-electron chi connectivity index (χ0n) is 16.4. The highest BCUT2D eigenvalue weighted by molar-refractivity contribution is 5.93. The van der Waals surface area contributed by atoms with Crippen LogP contribution in [-0.2, 0) is 0 Å². The molecule has 0 aliphatic rings. The molecular formula is C24H18N6O. The molecular weight excluding hydrogens is 388 g/mol. The van der Waals surface area contributed by atoms with Crippen LogP contribution in [0.5, 0.6) is 11.5 Å². The summed E-state index contributed by atoms with van der Waals surface area (Å²) in [5.41, 5.74) is 10.2. The molecule has 0 fully saturated rings. The van der Waals surface area contributed by atoms with Gasteiger partial charge in [-0.3, -0.25) is 9.97 Å². The number of aromatic nitrogens is 4. The van der Waals surface area contributed by atoms with Gasteiger partial charge in [0, 0.05) is 41.4 Å². The largest absolute Gasteiger partial charge is 0.457 e. The molecule has 0 amide bonds. The number of nitrogens with two attached hydrogens (primary N) is 1. The van der Waals surface area contributed by atoms with Crippen LogP contribution in [0.4, 0.5) is 17.2 Å². The lowest BCUT2D eigenvalue weighted by molar-refractivity contribution is 0.482. The molecule has 3 aromatic heterocycles. The lowest BCUT2D eigenvalue weighted by Crippen LogP contribution is -1.96. The predicted octanol–water partition coefficient (Wildman–Crippen LogP) is 5.20. The van der Waals surface area contributed by atoms with Crippen LogP contribution < -0.4 is 15.8 Å². The van der Waals surface area contributed by atoms with Crippen molar-refractivity contribution in [2.45, 2.75) is 0 Å². The maximum atomic E-state index is 5.89. The van der Waals surface area contributed by atoms with Crippen molar-refractivity contribution < 1.29 is 4.74 Å². The SMILES string of the molecule is Nc1cncc(-c2ccc3ncnc(Nc4ccc(Oc5ccncc5)cc4)c3c2)c1. The second-order valence-electron chi connectivity index (χ2n) is 6.90. The Balaban J connectivity index is 1.42. The van der Waals surface area contributed by atoms with E-state index in [2.05, 4.69) is 25.3 Å². The number of nitrogen functional groups attached to an aromatic ring is 1. The fourth-order valence-corrected chi connectivity index (χ4v) is 3.24. The minimum absolute atomic E-state index is 0.620. The Bertz CT molecular complexity index is 1340. The molecule has 3 N–H and O–H groups in total. The van der Waals surface area contributed by atoms with Crippen molar-refractivity contribution in [3.63, 3.8) is 0 Å². The normalized spacial score (nSPS) is 10.7. The van der Waals surface area contributed by atoms with Gasteiger partial charge < -0.3 is 15.8 Å². The van der Waals surface area contributed by atoms with Crippen LogP contribution in [0.2, 0.25) is 0 Å². The second-order valence-corrected chi connectivity index (χ2v) is 6.90. The van der Waals surface area contributed by atoms with E-state index < -0.39 is 0 Å². The molecule has 7 nitrogen and oxygen atoms in total.